The van der Waals surface area contributed by atoms with Gasteiger partial charge in [0.2, 0.25) is 10.9 Å². The van der Waals surface area contributed by atoms with E-state index in [0.717, 1.165) is 50.1 Å². The van der Waals surface area contributed by atoms with Crippen LogP contribution in [0.1, 0.15) is 0 Å². The van der Waals surface area contributed by atoms with E-state index in [0.29, 0.717) is 0 Å². The summed E-state index contributed by atoms with van der Waals surface area (Å²) < 4.78 is 4.37. The average Bonchev–Trinajstić information content (AvgIpc) is 3.07. The highest BCUT2D eigenvalue weighted by Gasteiger charge is 2.24. The van der Waals surface area contributed by atoms with Crippen LogP contribution in [0.5, 0.6) is 0 Å². The maximum atomic E-state index is 13.2. The molecule has 0 aliphatic rings. The average molecular weight is 609 g/mol. The summed E-state index contributed by atoms with van der Waals surface area (Å²) in [5, 5.41) is 3.21. The maximum Gasteiger partial charge on any atom is 0.203 e. The van der Waals surface area contributed by atoms with Gasteiger partial charge in [0, 0.05) is 30.7 Å². The predicted octanol–water partition coefficient (Wildman–Crippen LogP) is 10.6. The first-order valence-corrected chi connectivity index (χ1v) is 17.3. The number of rotatable bonds is 4. The van der Waals surface area contributed by atoms with Crippen LogP contribution in [0, 0.1) is 0 Å². The van der Waals surface area contributed by atoms with Gasteiger partial charge in [-0.2, -0.15) is 0 Å². The molecule has 204 valence electrons. The molecule has 0 saturated heterocycles. The van der Waals surface area contributed by atoms with Crippen molar-refractivity contribution in [2.24, 2.45) is 0 Å². The van der Waals surface area contributed by atoms with Crippen LogP contribution in [-0.4, -0.2) is 0 Å². The number of benzene rings is 6. The Balaban J connectivity index is 1.15. The SMILES string of the molecule is O=c1c2ccccc2[s+](-c2ccc(Sc3ccc(-[s+]4c5ccccc5c(=O)c5ccccc54)cc3)cc2)c2ccccc12. The van der Waals surface area contributed by atoms with E-state index in [1.807, 2.05) is 72.8 Å². The van der Waals surface area contributed by atoms with Crippen molar-refractivity contribution in [1.82, 2.24) is 0 Å². The summed E-state index contributed by atoms with van der Waals surface area (Å²) in [5.41, 5.74) is 0.218. The molecule has 0 amide bonds. The monoisotopic (exact) mass is 608 g/mol. The molecule has 2 aromatic heterocycles. The number of hydrogen-bond acceptors (Lipinski definition) is 3. The van der Waals surface area contributed by atoms with Gasteiger partial charge in [0.25, 0.3) is 0 Å². The van der Waals surface area contributed by atoms with Crippen LogP contribution in [0.2, 0.25) is 0 Å². The fourth-order valence-corrected chi connectivity index (χ4v) is 11.3. The summed E-state index contributed by atoms with van der Waals surface area (Å²) in [6.07, 6.45) is 0. The van der Waals surface area contributed by atoms with Crippen molar-refractivity contribution < 1.29 is 0 Å². The molecule has 0 atom stereocenters. The first kappa shape index (κ1) is 26.1. The zero-order chi connectivity index (χ0) is 28.9. The summed E-state index contributed by atoms with van der Waals surface area (Å²) in [6.45, 7) is 0. The predicted molar refractivity (Wildman–Crippen MR) is 187 cm³/mol. The summed E-state index contributed by atoms with van der Waals surface area (Å²) in [4.78, 5) is 31.1. The molecular formula is C38H24O2S3+2. The van der Waals surface area contributed by atoms with Crippen molar-refractivity contribution in [2.45, 2.75) is 9.79 Å². The third kappa shape index (κ3) is 4.40. The summed E-state index contributed by atoms with van der Waals surface area (Å²) >= 11 is 1.74. The van der Waals surface area contributed by atoms with Crippen LogP contribution >= 0.6 is 32.7 Å². The molecule has 0 spiro atoms. The molecule has 0 fully saturated rings. The molecule has 0 radical (unpaired) electrons. The molecule has 0 unspecified atom stereocenters. The van der Waals surface area contributed by atoms with Gasteiger partial charge in [-0.15, -0.1) is 0 Å². The van der Waals surface area contributed by atoms with Crippen molar-refractivity contribution in [3.63, 3.8) is 0 Å². The molecule has 5 heteroatoms. The standard InChI is InChI=1S/C38H24O2S3/c39-37-29-9-1-5-13-33(29)42(34-14-6-2-10-30(34)37)27-21-17-25(18-22-27)41-26-19-23-28(24-20-26)43-35-15-7-3-11-31(35)38(40)32-12-4-8-16-36(32)43/h1-24H/q+2. The third-order valence-corrected chi connectivity index (χ3v) is 13.4. The van der Waals surface area contributed by atoms with Gasteiger partial charge in [-0.25, -0.2) is 0 Å². The Labute approximate surface area is 257 Å². The topological polar surface area (TPSA) is 34.1 Å². The van der Waals surface area contributed by atoms with Crippen molar-refractivity contribution >= 4 is 73.0 Å². The van der Waals surface area contributed by atoms with Crippen LogP contribution in [0.4, 0.5) is 0 Å². The minimum Gasteiger partial charge on any atom is -0.288 e. The summed E-state index contributed by atoms with van der Waals surface area (Å²) in [6, 6.07) is 49.6. The highest BCUT2D eigenvalue weighted by atomic mass is 32.2. The van der Waals surface area contributed by atoms with Crippen molar-refractivity contribution in [3.05, 3.63) is 166 Å². The lowest BCUT2D eigenvalue weighted by atomic mass is 10.2. The van der Waals surface area contributed by atoms with Crippen LogP contribution in [0.15, 0.2) is 165 Å². The van der Waals surface area contributed by atoms with Crippen LogP contribution in [0.25, 0.3) is 50.1 Å². The quantitative estimate of drug-likeness (QED) is 0.147. The lowest BCUT2D eigenvalue weighted by Crippen LogP contribution is -2.01. The zero-order valence-corrected chi connectivity index (χ0v) is 25.3. The van der Waals surface area contributed by atoms with E-state index in [2.05, 4.69) is 72.8 Å². The second-order valence-corrected chi connectivity index (χ2v) is 15.4. The molecule has 2 heterocycles. The van der Waals surface area contributed by atoms with E-state index < -0.39 is 0 Å². The highest BCUT2D eigenvalue weighted by Crippen LogP contribution is 2.45. The van der Waals surface area contributed by atoms with E-state index in [1.165, 1.54) is 9.79 Å². The lowest BCUT2D eigenvalue weighted by molar-refractivity contribution is 1.42. The molecular weight excluding hydrogens is 585 g/mol. The van der Waals surface area contributed by atoms with Gasteiger partial charge in [-0.1, -0.05) is 60.3 Å². The van der Waals surface area contributed by atoms with E-state index in [9.17, 15) is 9.59 Å². The highest BCUT2D eigenvalue weighted by molar-refractivity contribution is 7.99. The summed E-state index contributed by atoms with van der Waals surface area (Å²) in [5.74, 6) is 0. The Kier molecular flexibility index (Phi) is 6.45. The molecule has 0 aliphatic carbocycles. The molecule has 43 heavy (non-hydrogen) atoms. The Morgan fingerprint density at radius 3 is 0.930 bits per heavy atom. The number of fused-ring (bicyclic) bond motifs is 4. The Morgan fingerprint density at radius 1 is 0.349 bits per heavy atom. The maximum absolute atomic E-state index is 13.2. The van der Waals surface area contributed by atoms with Gasteiger partial charge in [0.15, 0.2) is 28.6 Å². The minimum absolute atomic E-state index is 0.109. The molecule has 0 aliphatic heterocycles. The second kappa shape index (κ2) is 10.6. The molecule has 2 nitrogen and oxygen atoms in total. The minimum atomic E-state index is -0.331. The molecule has 0 saturated carbocycles. The number of hydrogen-bond donors (Lipinski definition) is 0. The van der Waals surface area contributed by atoms with Gasteiger partial charge >= 0.3 is 0 Å². The lowest BCUT2D eigenvalue weighted by Gasteiger charge is -2.06. The van der Waals surface area contributed by atoms with Gasteiger partial charge in [-0.05, 0) is 97.1 Å². The van der Waals surface area contributed by atoms with Crippen LogP contribution in [-0.2, 0) is 0 Å². The molecule has 0 N–H and O–H groups in total. The second-order valence-electron chi connectivity index (χ2n) is 10.3. The summed E-state index contributed by atoms with van der Waals surface area (Å²) in [7, 11) is -0.663. The van der Waals surface area contributed by atoms with E-state index in [4.69, 9.17) is 0 Å². The zero-order valence-electron chi connectivity index (χ0n) is 22.9. The normalized spacial score (nSPS) is 11.5. The van der Waals surface area contributed by atoms with E-state index in [-0.39, 0.29) is 31.8 Å². The Morgan fingerprint density at radius 2 is 0.628 bits per heavy atom. The third-order valence-electron chi connectivity index (χ3n) is 7.76. The molecule has 8 aromatic rings. The molecule has 8 rings (SSSR count). The smallest absolute Gasteiger partial charge is 0.203 e. The Hall–Kier alpha value is -4.55. The molecule has 6 aromatic carbocycles. The van der Waals surface area contributed by atoms with E-state index in [1.54, 1.807) is 11.8 Å². The Bertz CT molecular complexity index is 2160. The van der Waals surface area contributed by atoms with Crippen LogP contribution in [0.3, 0.4) is 0 Å². The largest absolute Gasteiger partial charge is 0.288 e. The van der Waals surface area contributed by atoms with Crippen LogP contribution < -0.4 is 10.9 Å². The van der Waals surface area contributed by atoms with Crippen molar-refractivity contribution in [1.29, 1.82) is 0 Å². The fraction of sp³-hybridized carbons (Fsp3) is 0. The molecule has 0 bridgehead atoms. The van der Waals surface area contributed by atoms with Gasteiger partial charge in [-0.3, -0.25) is 9.59 Å². The first-order chi connectivity index (χ1) is 21.2. The first-order valence-electron chi connectivity index (χ1n) is 14.0. The fourth-order valence-electron chi connectivity index (χ4n) is 5.79. The van der Waals surface area contributed by atoms with Crippen molar-refractivity contribution in [3.8, 4) is 9.79 Å². The van der Waals surface area contributed by atoms with Gasteiger partial charge in [0.1, 0.15) is 0 Å². The van der Waals surface area contributed by atoms with Crippen molar-refractivity contribution in [2.75, 3.05) is 0 Å². The van der Waals surface area contributed by atoms with Gasteiger partial charge in [0.05, 0.1) is 21.5 Å². The van der Waals surface area contributed by atoms with Gasteiger partial charge < -0.3 is 0 Å². The van der Waals surface area contributed by atoms with E-state index >= 15 is 0 Å².